The van der Waals surface area contributed by atoms with Crippen LogP contribution in [-0.4, -0.2) is 7.11 Å². The molecule has 0 amide bonds. The van der Waals surface area contributed by atoms with Crippen molar-refractivity contribution in [2.45, 2.75) is 32.8 Å². The van der Waals surface area contributed by atoms with E-state index in [1.807, 2.05) is 18.2 Å². The van der Waals surface area contributed by atoms with Crippen LogP contribution in [0.1, 0.15) is 31.9 Å². The van der Waals surface area contributed by atoms with Crippen LogP contribution in [0.4, 0.5) is 4.39 Å². The van der Waals surface area contributed by atoms with E-state index in [0.29, 0.717) is 22.1 Å². The van der Waals surface area contributed by atoms with Crippen LogP contribution in [0, 0.1) is 5.82 Å². The normalized spacial score (nSPS) is 11.4. The van der Waals surface area contributed by atoms with Gasteiger partial charge in [0.2, 0.25) is 0 Å². The molecule has 0 aliphatic carbocycles. The van der Waals surface area contributed by atoms with Crippen molar-refractivity contribution < 1.29 is 13.9 Å². The van der Waals surface area contributed by atoms with Gasteiger partial charge in [-0.3, -0.25) is 0 Å². The first-order valence-corrected chi connectivity index (χ1v) is 7.45. The van der Waals surface area contributed by atoms with E-state index in [0.717, 1.165) is 5.56 Å². The molecule has 118 valence electrons. The van der Waals surface area contributed by atoms with Crippen LogP contribution in [0.5, 0.6) is 11.5 Å². The summed E-state index contributed by atoms with van der Waals surface area (Å²) in [5, 5.41) is 0.352. The standard InChI is InChI=1S/C18H20ClFO2/c1-18(2,3)12-8-9-16(17(10-12)21-4)22-11-13-14(19)6-5-7-15(13)20/h5-10H,11H2,1-4H3. The van der Waals surface area contributed by atoms with Crippen molar-refractivity contribution in [3.8, 4) is 11.5 Å². The average molecular weight is 323 g/mol. The van der Waals surface area contributed by atoms with Crippen molar-refractivity contribution in [1.82, 2.24) is 0 Å². The first-order valence-electron chi connectivity index (χ1n) is 7.07. The summed E-state index contributed by atoms with van der Waals surface area (Å²) in [7, 11) is 1.59. The number of ether oxygens (including phenoxy) is 2. The van der Waals surface area contributed by atoms with Crippen LogP contribution in [-0.2, 0) is 12.0 Å². The second-order valence-corrected chi connectivity index (χ2v) is 6.51. The highest BCUT2D eigenvalue weighted by Crippen LogP contribution is 2.34. The van der Waals surface area contributed by atoms with Gasteiger partial charge in [-0.15, -0.1) is 0 Å². The Morgan fingerprint density at radius 2 is 1.82 bits per heavy atom. The van der Waals surface area contributed by atoms with Gasteiger partial charge < -0.3 is 9.47 Å². The maximum atomic E-state index is 13.8. The summed E-state index contributed by atoms with van der Waals surface area (Å²) < 4.78 is 24.8. The molecule has 0 saturated heterocycles. The Balaban J connectivity index is 2.23. The number of hydrogen-bond donors (Lipinski definition) is 0. The Morgan fingerprint density at radius 3 is 2.41 bits per heavy atom. The van der Waals surface area contributed by atoms with Gasteiger partial charge in [-0.25, -0.2) is 4.39 Å². The summed E-state index contributed by atoms with van der Waals surface area (Å²) in [5.74, 6) is 0.812. The van der Waals surface area contributed by atoms with Crippen LogP contribution in [0.2, 0.25) is 5.02 Å². The zero-order chi connectivity index (χ0) is 16.3. The highest BCUT2D eigenvalue weighted by molar-refractivity contribution is 6.31. The summed E-state index contributed by atoms with van der Waals surface area (Å²) in [6.45, 7) is 6.43. The molecule has 22 heavy (non-hydrogen) atoms. The largest absolute Gasteiger partial charge is 0.493 e. The molecule has 2 aromatic rings. The number of benzene rings is 2. The van der Waals surface area contributed by atoms with E-state index < -0.39 is 0 Å². The number of methoxy groups -OCH3 is 1. The molecule has 0 atom stereocenters. The molecule has 0 unspecified atom stereocenters. The van der Waals surface area contributed by atoms with E-state index in [1.165, 1.54) is 6.07 Å². The molecule has 0 aliphatic rings. The molecular weight excluding hydrogens is 303 g/mol. The van der Waals surface area contributed by atoms with Gasteiger partial charge in [0.1, 0.15) is 12.4 Å². The van der Waals surface area contributed by atoms with Crippen LogP contribution in [0.3, 0.4) is 0 Å². The Bertz CT molecular complexity index is 642. The third-order valence-electron chi connectivity index (χ3n) is 3.46. The van der Waals surface area contributed by atoms with E-state index in [-0.39, 0.29) is 17.8 Å². The fourth-order valence-corrected chi connectivity index (χ4v) is 2.29. The molecule has 0 bridgehead atoms. The summed E-state index contributed by atoms with van der Waals surface area (Å²) in [5.41, 5.74) is 1.49. The Kier molecular flexibility index (Phi) is 4.97. The van der Waals surface area contributed by atoms with E-state index in [4.69, 9.17) is 21.1 Å². The number of rotatable bonds is 4. The predicted octanol–water partition coefficient (Wildman–Crippen LogP) is 5.36. The molecule has 0 radical (unpaired) electrons. The van der Waals surface area contributed by atoms with Gasteiger partial charge in [0.25, 0.3) is 0 Å². The average Bonchev–Trinajstić information content (AvgIpc) is 2.45. The predicted molar refractivity (Wildman–Crippen MR) is 87.4 cm³/mol. The minimum absolute atomic E-state index is 0.0145. The monoisotopic (exact) mass is 322 g/mol. The van der Waals surface area contributed by atoms with Crippen LogP contribution >= 0.6 is 11.6 Å². The lowest BCUT2D eigenvalue weighted by Gasteiger charge is -2.21. The molecule has 0 fully saturated rings. The summed E-state index contributed by atoms with van der Waals surface area (Å²) in [4.78, 5) is 0. The second-order valence-electron chi connectivity index (χ2n) is 6.10. The summed E-state index contributed by atoms with van der Waals surface area (Å²) in [6, 6.07) is 10.3. The molecule has 0 aromatic heterocycles. The minimum Gasteiger partial charge on any atom is -0.493 e. The molecule has 2 rings (SSSR count). The molecule has 0 saturated carbocycles. The van der Waals surface area contributed by atoms with Crippen LogP contribution in [0.25, 0.3) is 0 Å². The fourth-order valence-electron chi connectivity index (χ4n) is 2.07. The van der Waals surface area contributed by atoms with E-state index >= 15 is 0 Å². The molecular formula is C18H20ClFO2. The Morgan fingerprint density at radius 1 is 1.09 bits per heavy atom. The highest BCUT2D eigenvalue weighted by Gasteiger charge is 2.17. The lowest BCUT2D eigenvalue weighted by atomic mass is 9.87. The Hall–Kier alpha value is -1.74. The van der Waals surface area contributed by atoms with E-state index in [9.17, 15) is 4.39 Å². The molecule has 0 aliphatic heterocycles. The second kappa shape index (κ2) is 6.57. The third-order valence-corrected chi connectivity index (χ3v) is 3.82. The fraction of sp³-hybridized carbons (Fsp3) is 0.333. The van der Waals surface area contributed by atoms with Crippen molar-refractivity contribution in [1.29, 1.82) is 0 Å². The molecule has 0 heterocycles. The summed E-state index contributed by atoms with van der Waals surface area (Å²) >= 11 is 6.00. The minimum atomic E-state index is -0.377. The van der Waals surface area contributed by atoms with Crippen molar-refractivity contribution in [3.05, 3.63) is 58.4 Å². The lowest BCUT2D eigenvalue weighted by molar-refractivity contribution is 0.279. The van der Waals surface area contributed by atoms with Crippen LogP contribution < -0.4 is 9.47 Å². The third kappa shape index (κ3) is 3.72. The van der Waals surface area contributed by atoms with Gasteiger partial charge in [-0.1, -0.05) is 44.5 Å². The van der Waals surface area contributed by atoms with Gasteiger partial charge in [0.05, 0.1) is 12.1 Å². The maximum absolute atomic E-state index is 13.8. The van der Waals surface area contributed by atoms with E-state index in [2.05, 4.69) is 20.8 Å². The van der Waals surface area contributed by atoms with Crippen LogP contribution in [0.15, 0.2) is 36.4 Å². The molecule has 0 N–H and O–H groups in total. The van der Waals surface area contributed by atoms with Crippen molar-refractivity contribution in [2.75, 3.05) is 7.11 Å². The molecule has 4 heteroatoms. The van der Waals surface area contributed by atoms with Gasteiger partial charge in [-0.05, 0) is 35.2 Å². The SMILES string of the molecule is COc1cc(C(C)(C)C)ccc1OCc1c(F)cccc1Cl. The first-order chi connectivity index (χ1) is 10.3. The Labute approximate surface area is 135 Å². The van der Waals surface area contributed by atoms with Crippen molar-refractivity contribution >= 4 is 11.6 Å². The number of halogens is 2. The quantitative estimate of drug-likeness (QED) is 0.754. The van der Waals surface area contributed by atoms with Gasteiger partial charge in [0.15, 0.2) is 11.5 Å². The molecule has 2 nitrogen and oxygen atoms in total. The van der Waals surface area contributed by atoms with Gasteiger partial charge >= 0.3 is 0 Å². The topological polar surface area (TPSA) is 18.5 Å². The zero-order valence-corrected chi connectivity index (χ0v) is 14.0. The highest BCUT2D eigenvalue weighted by atomic mass is 35.5. The summed E-state index contributed by atoms with van der Waals surface area (Å²) in [6.07, 6.45) is 0. The maximum Gasteiger partial charge on any atom is 0.161 e. The lowest BCUT2D eigenvalue weighted by Crippen LogP contribution is -2.11. The van der Waals surface area contributed by atoms with Gasteiger partial charge in [-0.2, -0.15) is 0 Å². The molecule has 2 aromatic carbocycles. The van der Waals surface area contributed by atoms with E-state index in [1.54, 1.807) is 19.2 Å². The molecule has 0 spiro atoms. The smallest absolute Gasteiger partial charge is 0.161 e. The number of hydrogen-bond acceptors (Lipinski definition) is 2. The van der Waals surface area contributed by atoms with Crippen molar-refractivity contribution in [3.63, 3.8) is 0 Å². The first kappa shape index (κ1) is 16.6. The zero-order valence-electron chi connectivity index (χ0n) is 13.2. The van der Waals surface area contributed by atoms with Gasteiger partial charge in [0, 0.05) is 5.56 Å². The van der Waals surface area contributed by atoms with Crippen molar-refractivity contribution in [2.24, 2.45) is 0 Å².